The predicted molar refractivity (Wildman–Crippen MR) is 86.5 cm³/mol. The minimum atomic E-state index is 0.456. The van der Waals surface area contributed by atoms with E-state index in [9.17, 15) is 0 Å². The Hall–Kier alpha value is -0.930. The molecular weight excluding hydrogens is 286 g/mol. The molecule has 3 nitrogen and oxygen atoms in total. The Kier molecular flexibility index (Phi) is 4.60. The fraction of sp³-hybridized carbons (Fsp3) is 0.647. The maximum Gasteiger partial charge on any atom is 0.140 e. The predicted octanol–water partition coefficient (Wildman–Crippen LogP) is 4.28. The normalized spacial score (nSPS) is 21.0. The Morgan fingerprint density at radius 1 is 1.29 bits per heavy atom. The molecule has 1 atom stereocenters. The summed E-state index contributed by atoms with van der Waals surface area (Å²) in [5.74, 6) is 1.36. The first kappa shape index (κ1) is 15.0. The minimum absolute atomic E-state index is 0.456. The first-order chi connectivity index (χ1) is 10.1. The molecule has 1 heterocycles. The zero-order chi connectivity index (χ0) is 14.8. The van der Waals surface area contributed by atoms with Crippen molar-refractivity contribution in [2.45, 2.75) is 51.7 Å². The molecule has 1 aromatic carbocycles. The molecule has 0 spiro atoms. The van der Waals surface area contributed by atoms with Gasteiger partial charge in [-0.05, 0) is 43.2 Å². The highest BCUT2D eigenvalue weighted by molar-refractivity contribution is 6.32. The van der Waals surface area contributed by atoms with Gasteiger partial charge in [0.1, 0.15) is 12.4 Å². The van der Waals surface area contributed by atoms with Gasteiger partial charge in [-0.2, -0.15) is 0 Å². The third kappa shape index (κ3) is 3.46. The van der Waals surface area contributed by atoms with Gasteiger partial charge < -0.3 is 14.8 Å². The molecule has 1 aromatic rings. The van der Waals surface area contributed by atoms with Crippen molar-refractivity contribution in [3.63, 3.8) is 0 Å². The second-order valence-corrected chi connectivity index (χ2v) is 6.82. The first-order valence-electron chi connectivity index (χ1n) is 7.97. The molecule has 1 unspecified atom stereocenters. The third-order valence-electron chi connectivity index (χ3n) is 4.49. The third-order valence-corrected chi connectivity index (χ3v) is 4.79. The molecule has 2 aliphatic rings. The Morgan fingerprint density at radius 3 is 2.76 bits per heavy atom. The number of ether oxygens (including phenoxy) is 2. The van der Waals surface area contributed by atoms with E-state index in [4.69, 9.17) is 21.1 Å². The van der Waals surface area contributed by atoms with Crippen LogP contribution in [0.3, 0.4) is 0 Å². The number of rotatable bonds is 6. The molecule has 0 saturated heterocycles. The lowest BCUT2D eigenvalue weighted by atomic mass is 9.96. The lowest BCUT2D eigenvalue weighted by Gasteiger charge is -2.25. The van der Waals surface area contributed by atoms with Crippen molar-refractivity contribution in [3.05, 3.63) is 22.7 Å². The van der Waals surface area contributed by atoms with Crippen molar-refractivity contribution >= 4 is 17.3 Å². The monoisotopic (exact) mass is 309 g/mol. The summed E-state index contributed by atoms with van der Waals surface area (Å²) in [4.78, 5) is 0. The number of anilines is 1. The van der Waals surface area contributed by atoms with Crippen LogP contribution in [0.4, 0.5) is 5.69 Å². The van der Waals surface area contributed by atoms with Crippen LogP contribution >= 0.6 is 11.6 Å². The smallest absolute Gasteiger partial charge is 0.140 e. The summed E-state index contributed by atoms with van der Waals surface area (Å²) in [6.07, 6.45) is 5.18. The van der Waals surface area contributed by atoms with Crippen LogP contribution < -0.4 is 10.1 Å². The van der Waals surface area contributed by atoms with Gasteiger partial charge in [0.2, 0.25) is 0 Å². The van der Waals surface area contributed by atoms with Crippen LogP contribution in [0.15, 0.2) is 12.1 Å². The van der Waals surface area contributed by atoms with E-state index in [1.165, 1.54) is 24.8 Å². The van der Waals surface area contributed by atoms with Crippen molar-refractivity contribution in [2.75, 3.05) is 18.5 Å². The van der Waals surface area contributed by atoms with E-state index < -0.39 is 0 Å². The van der Waals surface area contributed by atoms with E-state index in [2.05, 4.69) is 19.2 Å². The summed E-state index contributed by atoms with van der Waals surface area (Å²) in [5, 5.41) is 4.26. The average molecular weight is 310 g/mol. The van der Waals surface area contributed by atoms with Gasteiger partial charge in [-0.3, -0.25) is 0 Å². The minimum Gasteiger partial charge on any atom is -0.490 e. The molecule has 1 aliphatic heterocycles. The first-order valence-corrected chi connectivity index (χ1v) is 8.34. The van der Waals surface area contributed by atoms with Crippen LogP contribution in [0.1, 0.15) is 38.7 Å². The molecule has 21 heavy (non-hydrogen) atoms. The second-order valence-electron chi connectivity index (χ2n) is 6.41. The second kappa shape index (κ2) is 6.45. The number of hydrogen-bond acceptors (Lipinski definition) is 3. The van der Waals surface area contributed by atoms with E-state index in [1.54, 1.807) is 0 Å². The van der Waals surface area contributed by atoms with E-state index in [1.807, 2.05) is 12.1 Å². The maximum absolute atomic E-state index is 6.32. The number of benzene rings is 1. The zero-order valence-electron chi connectivity index (χ0n) is 12.8. The molecule has 4 heteroatoms. The molecule has 0 bridgehead atoms. The van der Waals surface area contributed by atoms with Crippen LogP contribution in [0, 0.1) is 5.92 Å². The van der Waals surface area contributed by atoms with E-state index in [-0.39, 0.29) is 0 Å². The Morgan fingerprint density at radius 2 is 2.10 bits per heavy atom. The lowest BCUT2D eigenvalue weighted by Crippen LogP contribution is -2.23. The topological polar surface area (TPSA) is 30.5 Å². The van der Waals surface area contributed by atoms with Gasteiger partial charge in [0.25, 0.3) is 0 Å². The van der Waals surface area contributed by atoms with Crippen LogP contribution in [0.2, 0.25) is 5.02 Å². The van der Waals surface area contributed by atoms with Crippen LogP contribution in [0.5, 0.6) is 5.75 Å². The molecule has 3 rings (SSSR count). The highest BCUT2D eigenvalue weighted by Gasteiger charge is 2.24. The average Bonchev–Trinajstić information content (AvgIpc) is 2.79. The fourth-order valence-corrected chi connectivity index (χ4v) is 3.04. The highest BCUT2D eigenvalue weighted by Crippen LogP contribution is 2.37. The van der Waals surface area contributed by atoms with Crippen molar-refractivity contribution in [3.8, 4) is 5.75 Å². The molecule has 0 radical (unpaired) electrons. The molecule has 1 aliphatic carbocycles. The summed E-state index contributed by atoms with van der Waals surface area (Å²) < 4.78 is 11.5. The van der Waals surface area contributed by atoms with Crippen LogP contribution in [-0.4, -0.2) is 25.4 Å². The van der Waals surface area contributed by atoms with Gasteiger partial charge in [-0.15, -0.1) is 0 Å². The number of nitrogens with one attached hydrogen (secondary N) is 1. The molecule has 1 N–H and O–H groups in total. The number of halogens is 1. The standard InChI is InChI=1S/C17H24ClNO2/c1-11(2)15-9-12-8-14(18)17(10-16(12)19-15)21-7-6-20-13-4-3-5-13/h8,10-11,13,15,19H,3-7,9H2,1-2H3. The van der Waals surface area contributed by atoms with Crippen molar-refractivity contribution in [2.24, 2.45) is 5.92 Å². The maximum atomic E-state index is 6.32. The molecule has 116 valence electrons. The Bertz CT molecular complexity index is 500. The summed E-state index contributed by atoms with van der Waals surface area (Å²) in [5.41, 5.74) is 2.45. The van der Waals surface area contributed by atoms with Crippen LogP contribution in [-0.2, 0) is 11.2 Å². The van der Waals surface area contributed by atoms with Gasteiger partial charge in [0, 0.05) is 17.8 Å². The van der Waals surface area contributed by atoms with E-state index in [0.29, 0.717) is 36.3 Å². The lowest BCUT2D eigenvalue weighted by molar-refractivity contribution is -0.0103. The molecule has 1 saturated carbocycles. The largest absolute Gasteiger partial charge is 0.490 e. The summed E-state index contributed by atoms with van der Waals surface area (Å²) >= 11 is 6.32. The van der Waals surface area contributed by atoms with Crippen molar-refractivity contribution < 1.29 is 9.47 Å². The quantitative estimate of drug-likeness (QED) is 0.796. The van der Waals surface area contributed by atoms with Gasteiger partial charge in [0.05, 0.1) is 17.7 Å². The summed E-state index contributed by atoms with van der Waals surface area (Å²) in [6, 6.07) is 4.56. The SMILES string of the molecule is CC(C)C1Cc2cc(Cl)c(OCCOC3CCC3)cc2N1. The van der Waals surface area contributed by atoms with E-state index in [0.717, 1.165) is 17.9 Å². The summed E-state index contributed by atoms with van der Waals surface area (Å²) in [7, 11) is 0. The van der Waals surface area contributed by atoms with Gasteiger partial charge in [0.15, 0.2) is 0 Å². The molecule has 0 aromatic heterocycles. The van der Waals surface area contributed by atoms with Gasteiger partial charge in [-0.25, -0.2) is 0 Å². The Labute approximate surface area is 132 Å². The molecule has 0 amide bonds. The van der Waals surface area contributed by atoms with Gasteiger partial charge in [-0.1, -0.05) is 25.4 Å². The number of hydrogen-bond donors (Lipinski definition) is 1. The summed E-state index contributed by atoms with van der Waals surface area (Å²) in [6.45, 7) is 5.67. The Balaban J connectivity index is 1.55. The molecule has 1 fully saturated rings. The van der Waals surface area contributed by atoms with Crippen LogP contribution in [0.25, 0.3) is 0 Å². The zero-order valence-corrected chi connectivity index (χ0v) is 13.6. The van der Waals surface area contributed by atoms with Crippen molar-refractivity contribution in [1.29, 1.82) is 0 Å². The fourth-order valence-electron chi connectivity index (χ4n) is 2.80. The highest BCUT2D eigenvalue weighted by atomic mass is 35.5. The molecular formula is C17H24ClNO2. The van der Waals surface area contributed by atoms with Gasteiger partial charge >= 0.3 is 0 Å². The van der Waals surface area contributed by atoms with E-state index >= 15 is 0 Å². The number of fused-ring (bicyclic) bond motifs is 1. The van der Waals surface area contributed by atoms with Crippen molar-refractivity contribution in [1.82, 2.24) is 0 Å².